The van der Waals surface area contributed by atoms with Crippen molar-refractivity contribution in [3.8, 4) is 11.6 Å². The highest BCUT2D eigenvalue weighted by Crippen LogP contribution is 2.30. The number of amides is 2. The van der Waals surface area contributed by atoms with Crippen molar-refractivity contribution in [2.45, 2.75) is 0 Å². The molecule has 0 saturated carbocycles. The number of fused-ring (bicyclic) bond motifs is 1. The third-order valence-electron chi connectivity index (χ3n) is 5.81. The van der Waals surface area contributed by atoms with Crippen molar-refractivity contribution in [2.75, 3.05) is 48.8 Å². The third kappa shape index (κ3) is 5.07. The van der Waals surface area contributed by atoms with E-state index in [1.807, 2.05) is 36.4 Å². The van der Waals surface area contributed by atoms with E-state index in [0.29, 0.717) is 17.3 Å². The highest BCUT2D eigenvalue weighted by Gasteiger charge is 2.16. The predicted molar refractivity (Wildman–Crippen MR) is 135 cm³/mol. The number of carbonyl (C=O) groups is 1. The average Bonchev–Trinajstić information content (AvgIpc) is 2.86. The Morgan fingerprint density at radius 1 is 0.853 bits per heavy atom. The minimum Gasteiger partial charge on any atom is -0.438 e. The molecule has 1 aliphatic rings. The van der Waals surface area contributed by atoms with E-state index in [4.69, 9.17) is 4.74 Å². The lowest BCUT2D eigenvalue weighted by molar-refractivity contribution is 0.262. The van der Waals surface area contributed by atoms with Crippen LogP contribution in [0, 0.1) is 0 Å². The molecule has 34 heavy (non-hydrogen) atoms. The fourth-order valence-corrected chi connectivity index (χ4v) is 3.90. The van der Waals surface area contributed by atoms with Crippen LogP contribution in [0.3, 0.4) is 0 Å². The van der Waals surface area contributed by atoms with Gasteiger partial charge in [0.05, 0.1) is 10.9 Å². The van der Waals surface area contributed by atoms with Crippen molar-refractivity contribution in [1.29, 1.82) is 0 Å². The number of hydrogen-bond acceptors (Lipinski definition) is 6. The number of hydrogen-bond donors (Lipinski definition) is 2. The van der Waals surface area contributed by atoms with E-state index < -0.39 is 0 Å². The summed E-state index contributed by atoms with van der Waals surface area (Å²) in [4.78, 5) is 25.7. The smallest absolute Gasteiger partial charge is 0.323 e. The second-order valence-electron chi connectivity index (χ2n) is 8.24. The summed E-state index contributed by atoms with van der Waals surface area (Å²) < 4.78 is 6.05. The number of rotatable bonds is 5. The summed E-state index contributed by atoms with van der Waals surface area (Å²) in [7, 11) is 2.15. The molecule has 1 saturated heterocycles. The number of ether oxygens (including phenoxy) is 1. The number of likely N-dealkylation sites (N-methyl/N-ethyl adjacent to an activating group) is 1. The van der Waals surface area contributed by atoms with E-state index in [1.54, 1.807) is 24.3 Å². The molecule has 172 valence electrons. The summed E-state index contributed by atoms with van der Waals surface area (Å²) in [5.41, 5.74) is 3.39. The Morgan fingerprint density at radius 2 is 1.56 bits per heavy atom. The van der Waals surface area contributed by atoms with Crippen LogP contribution in [0.5, 0.6) is 11.6 Å². The molecule has 8 nitrogen and oxygen atoms in total. The van der Waals surface area contributed by atoms with Gasteiger partial charge in [0.15, 0.2) is 0 Å². The summed E-state index contributed by atoms with van der Waals surface area (Å²) in [5, 5.41) is 6.46. The largest absolute Gasteiger partial charge is 0.438 e. The molecule has 0 aliphatic carbocycles. The summed E-state index contributed by atoms with van der Waals surface area (Å²) >= 11 is 0. The topological polar surface area (TPSA) is 82.6 Å². The summed E-state index contributed by atoms with van der Waals surface area (Å²) in [5.74, 6) is 1.12. The van der Waals surface area contributed by atoms with Gasteiger partial charge >= 0.3 is 6.03 Å². The van der Waals surface area contributed by atoms with Crippen molar-refractivity contribution in [3.05, 3.63) is 79.1 Å². The van der Waals surface area contributed by atoms with Gasteiger partial charge in [-0.25, -0.2) is 14.8 Å². The van der Waals surface area contributed by atoms with E-state index in [9.17, 15) is 4.79 Å². The van der Waals surface area contributed by atoms with E-state index in [0.717, 1.165) is 48.5 Å². The molecule has 0 unspecified atom stereocenters. The van der Waals surface area contributed by atoms with Crippen molar-refractivity contribution < 1.29 is 9.53 Å². The van der Waals surface area contributed by atoms with Crippen LogP contribution in [0.25, 0.3) is 10.9 Å². The van der Waals surface area contributed by atoms with Gasteiger partial charge in [-0.05, 0) is 61.6 Å². The number of piperazine rings is 1. The van der Waals surface area contributed by atoms with Crippen LogP contribution in [0.15, 0.2) is 79.1 Å². The molecule has 8 heteroatoms. The minimum atomic E-state index is -0.308. The van der Waals surface area contributed by atoms with Crippen LogP contribution in [-0.2, 0) is 0 Å². The van der Waals surface area contributed by atoms with Gasteiger partial charge in [0.2, 0.25) is 5.88 Å². The number of para-hydroxylation sites is 1. The highest BCUT2D eigenvalue weighted by molar-refractivity contribution is 5.99. The molecule has 0 atom stereocenters. The molecule has 2 heterocycles. The van der Waals surface area contributed by atoms with E-state index in [1.165, 1.54) is 6.33 Å². The van der Waals surface area contributed by atoms with E-state index in [-0.39, 0.29) is 6.03 Å². The Kier molecular flexibility index (Phi) is 6.22. The maximum absolute atomic E-state index is 12.2. The van der Waals surface area contributed by atoms with Crippen LogP contribution in [0.2, 0.25) is 0 Å². The SMILES string of the molecule is CN1CCN(c2ccc3c(Oc4ccc(NC(=O)Nc5ccccc5)cc4)ncnc3c2)CC1. The van der Waals surface area contributed by atoms with Gasteiger partial charge in [0.1, 0.15) is 12.1 Å². The number of benzene rings is 3. The number of anilines is 3. The lowest BCUT2D eigenvalue weighted by Crippen LogP contribution is -2.44. The van der Waals surface area contributed by atoms with Crippen LogP contribution < -0.4 is 20.3 Å². The standard InChI is InChI=1S/C26H26N6O2/c1-31-13-15-32(16-14-31)21-9-12-23-24(17-21)27-18-28-25(23)34-22-10-7-20(8-11-22)30-26(33)29-19-5-3-2-4-6-19/h2-12,17-18H,13-16H2,1H3,(H2,29,30,33). The number of aromatic nitrogens is 2. The fourth-order valence-electron chi connectivity index (χ4n) is 3.90. The Balaban J connectivity index is 1.26. The quantitative estimate of drug-likeness (QED) is 0.450. The van der Waals surface area contributed by atoms with E-state index in [2.05, 4.69) is 49.6 Å². The second kappa shape index (κ2) is 9.76. The van der Waals surface area contributed by atoms with Crippen molar-refractivity contribution in [2.24, 2.45) is 0 Å². The molecule has 2 amide bonds. The first-order valence-corrected chi connectivity index (χ1v) is 11.2. The molecular formula is C26H26N6O2. The lowest BCUT2D eigenvalue weighted by atomic mass is 10.2. The Morgan fingerprint density at radius 3 is 2.29 bits per heavy atom. The molecule has 0 bridgehead atoms. The zero-order valence-corrected chi connectivity index (χ0v) is 18.9. The second-order valence-corrected chi connectivity index (χ2v) is 8.24. The van der Waals surface area contributed by atoms with Crippen LogP contribution in [0.1, 0.15) is 0 Å². The summed E-state index contributed by atoms with van der Waals surface area (Å²) in [6.45, 7) is 4.10. The Bertz CT molecular complexity index is 1270. The summed E-state index contributed by atoms with van der Waals surface area (Å²) in [6.07, 6.45) is 1.52. The minimum absolute atomic E-state index is 0.308. The zero-order chi connectivity index (χ0) is 23.3. The number of nitrogens with one attached hydrogen (secondary N) is 2. The maximum atomic E-state index is 12.2. The molecule has 1 fully saturated rings. The first-order chi connectivity index (χ1) is 16.6. The van der Waals surface area contributed by atoms with E-state index >= 15 is 0 Å². The molecule has 0 spiro atoms. The van der Waals surface area contributed by atoms with Gasteiger partial charge < -0.3 is 25.2 Å². The van der Waals surface area contributed by atoms with Gasteiger partial charge in [0, 0.05) is 43.2 Å². The number of nitrogens with zero attached hydrogens (tertiary/aromatic N) is 4. The third-order valence-corrected chi connectivity index (χ3v) is 5.81. The Labute approximate surface area is 198 Å². The molecule has 0 radical (unpaired) electrons. The lowest BCUT2D eigenvalue weighted by Gasteiger charge is -2.34. The van der Waals surface area contributed by atoms with Crippen LogP contribution >= 0.6 is 0 Å². The van der Waals surface area contributed by atoms with Gasteiger partial charge in [0.25, 0.3) is 0 Å². The van der Waals surface area contributed by atoms with Gasteiger partial charge in [-0.3, -0.25) is 0 Å². The van der Waals surface area contributed by atoms with Crippen molar-refractivity contribution in [3.63, 3.8) is 0 Å². The van der Waals surface area contributed by atoms with Crippen LogP contribution in [0.4, 0.5) is 21.9 Å². The van der Waals surface area contributed by atoms with Crippen LogP contribution in [-0.4, -0.2) is 54.1 Å². The normalized spacial score (nSPS) is 14.1. The molecule has 5 rings (SSSR count). The first kappa shape index (κ1) is 21.7. The molecule has 2 N–H and O–H groups in total. The first-order valence-electron chi connectivity index (χ1n) is 11.2. The monoisotopic (exact) mass is 454 g/mol. The molecule has 1 aromatic heterocycles. The molecule has 1 aliphatic heterocycles. The van der Waals surface area contributed by atoms with Gasteiger partial charge in [-0.15, -0.1) is 0 Å². The van der Waals surface area contributed by atoms with Crippen molar-refractivity contribution >= 4 is 34.0 Å². The molecule has 3 aromatic carbocycles. The number of carbonyl (C=O) groups excluding carboxylic acids is 1. The summed E-state index contributed by atoms with van der Waals surface area (Å²) in [6, 6.07) is 22.4. The van der Waals surface area contributed by atoms with Crippen molar-refractivity contribution in [1.82, 2.24) is 14.9 Å². The molecular weight excluding hydrogens is 428 g/mol. The fraction of sp³-hybridized carbons (Fsp3) is 0.192. The molecule has 4 aromatic rings. The zero-order valence-electron chi connectivity index (χ0n) is 18.9. The average molecular weight is 455 g/mol. The highest BCUT2D eigenvalue weighted by atomic mass is 16.5. The maximum Gasteiger partial charge on any atom is 0.323 e. The predicted octanol–water partition coefficient (Wildman–Crippen LogP) is 4.82. The van der Waals surface area contributed by atoms with Gasteiger partial charge in [-0.2, -0.15) is 0 Å². The van der Waals surface area contributed by atoms with Gasteiger partial charge in [-0.1, -0.05) is 18.2 Å². The Hall–Kier alpha value is -4.17. The number of urea groups is 1.